The molecule has 2 saturated heterocycles. The van der Waals surface area contributed by atoms with Crippen molar-refractivity contribution in [1.82, 2.24) is 10.2 Å². The van der Waals surface area contributed by atoms with E-state index in [9.17, 15) is 23.1 Å². The van der Waals surface area contributed by atoms with E-state index in [4.69, 9.17) is 11.6 Å². The fraction of sp³-hybridized carbons (Fsp3) is 0.455. The van der Waals surface area contributed by atoms with Gasteiger partial charge in [-0.1, -0.05) is 23.7 Å². The summed E-state index contributed by atoms with van der Waals surface area (Å²) in [4.78, 5) is 26.1. The zero-order valence-electron chi connectivity index (χ0n) is 17.0. The first-order chi connectivity index (χ1) is 14.7. The maximum absolute atomic E-state index is 12.8. The Morgan fingerprint density at radius 3 is 2.48 bits per heavy atom. The number of fused-ring (bicyclic) bond motifs is 1. The van der Waals surface area contributed by atoms with Gasteiger partial charge in [0.15, 0.2) is 9.84 Å². The number of piperidine rings is 1. The predicted molar refractivity (Wildman–Crippen MR) is 117 cm³/mol. The molecule has 9 heteroatoms. The molecule has 2 N–H and O–H groups in total. The van der Waals surface area contributed by atoms with E-state index >= 15 is 0 Å². The molecule has 0 aliphatic carbocycles. The van der Waals surface area contributed by atoms with Crippen LogP contribution in [0.3, 0.4) is 0 Å². The van der Waals surface area contributed by atoms with Crippen molar-refractivity contribution < 1.29 is 23.1 Å². The first-order valence-electron chi connectivity index (χ1n) is 10.4. The Labute approximate surface area is 186 Å². The fourth-order valence-electron chi connectivity index (χ4n) is 4.56. The van der Waals surface area contributed by atoms with Crippen LogP contribution in [0.15, 0.2) is 41.3 Å². The molecule has 166 valence electrons. The number of rotatable bonds is 5. The van der Waals surface area contributed by atoms with Crippen LogP contribution in [0.4, 0.5) is 0 Å². The largest absolute Gasteiger partial charge is 0.382 e. The Hall–Kier alpha value is -2.16. The summed E-state index contributed by atoms with van der Waals surface area (Å²) >= 11 is 5.97. The molecule has 31 heavy (non-hydrogen) atoms. The van der Waals surface area contributed by atoms with Crippen LogP contribution in [0.2, 0.25) is 5.02 Å². The van der Waals surface area contributed by atoms with Crippen molar-refractivity contribution in [3.05, 3.63) is 41.4 Å². The SMILES string of the molecule is O=C1NCCC1C1CCN(C(=O)[C@H](O)CS(=O)(=O)c2ccc3cc(Cl)ccc3c2)CC1. The van der Waals surface area contributed by atoms with E-state index in [0.29, 0.717) is 42.9 Å². The lowest BCUT2D eigenvalue weighted by Gasteiger charge is -2.34. The van der Waals surface area contributed by atoms with Crippen molar-refractivity contribution >= 4 is 44.0 Å². The molecule has 2 aromatic carbocycles. The van der Waals surface area contributed by atoms with Crippen molar-refractivity contribution in [3.8, 4) is 0 Å². The summed E-state index contributed by atoms with van der Waals surface area (Å²) in [5.41, 5.74) is 0. The molecule has 7 nitrogen and oxygen atoms in total. The van der Waals surface area contributed by atoms with Gasteiger partial charge in [-0.05, 0) is 60.2 Å². The highest BCUT2D eigenvalue weighted by Crippen LogP contribution is 2.30. The van der Waals surface area contributed by atoms with Crippen LogP contribution in [0.5, 0.6) is 0 Å². The van der Waals surface area contributed by atoms with Crippen molar-refractivity contribution in [2.45, 2.75) is 30.3 Å². The van der Waals surface area contributed by atoms with Crippen molar-refractivity contribution in [2.24, 2.45) is 11.8 Å². The van der Waals surface area contributed by atoms with Crippen LogP contribution in [-0.4, -0.2) is 61.7 Å². The molecule has 4 rings (SSSR count). The van der Waals surface area contributed by atoms with Gasteiger partial charge in [-0.25, -0.2) is 8.42 Å². The van der Waals surface area contributed by atoms with E-state index in [1.54, 1.807) is 24.3 Å². The molecular weight excluding hydrogens is 440 g/mol. The maximum atomic E-state index is 12.8. The highest BCUT2D eigenvalue weighted by molar-refractivity contribution is 7.91. The molecule has 2 fully saturated rings. The lowest BCUT2D eigenvalue weighted by atomic mass is 9.83. The number of nitrogens with one attached hydrogen (secondary N) is 1. The quantitative estimate of drug-likeness (QED) is 0.704. The number of carbonyl (C=O) groups is 2. The Morgan fingerprint density at radius 1 is 1.13 bits per heavy atom. The van der Waals surface area contributed by atoms with Gasteiger partial charge in [0.25, 0.3) is 5.91 Å². The number of likely N-dealkylation sites (tertiary alicyclic amines) is 1. The number of hydrogen-bond donors (Lipinski definition) is 2. The van der Waals surface area contributed by atoms with Crippen LogP contribution in [0.25, 0.3) is 10.8 Å². The van der Waals surface area contributed by atoms with E-state index < -0.39 is 27.6 Å². The summed E-state index contributed by atoms with van der Waals surface area (Å²) in [5, 5.41) is 15.3. The monoisotopic (exact) mass is 464 g/mol. The molecule has 2 aliphatic rings. The minimum atomic E-state index is -3.86. The zero-order chi connectivity index (χ0) is 22.2. The Morgan fingerprint density at radius 2 is 1.81 bits per heavy atom. The minimum absolute atomic E-state index is 0.00895. The molecule has 2 amide bonds. The standard InChI is InChI=1S/C22H25ClN2O5S/c23-17-3-1-16-12-18(4-2-15(16)11-17)31(29,30)13-20(26)22(28)25-9-6-14(7-10-25)19-5-8-24-21(19)27/h1-4,11-12,14,19-20,26H,5-10,13H2,(H,24,27)/t19?,20-/m1/s1. The Bertz CT molecular complexity index is 1110. The highest BCUT2D eigenvalue weighted by atomic mass is 35.5. The topological polar surface area (TPSA) is 104 Å². The second kappa shape index (κ2) is 8.76. The van der Waals surface area contributed by atoms with E-state index in [0.717, 1.165) is 11.8 Å². The third-order valence-electron chi connectivity index (χ3n) is 6.31. The number of amides is 2. The van der Waals surface area contributed by atoms with Crippen LogP contribution in [0, 0.1) is 11.8 Å². The number of carbonyl (C=O) groups excluding carboxylic acids is 2. The van der Waals surface area contributed by atoms with E-state index in [2.05, 4.69) is 5.32 Å². The third kappa shape index (κ3) is 4.71. The molecular formula is C22H25ClN2O5S. The average molecular weight is 465 g/mol. The average Bonchev–Trinajstić information content (AvgIpc) is 3.18. The molecule has 1 unspecified atom stereocenters. The van der Waals surface area contributed by atoms with Gasteiger partial charge in [0.05, 0.1) is 10.6 Å². The maximum Gasteiger partial charge on any atom is 0.252 e. The Balaban J connectivity index is 1.39. The third-order valence-corrected chi connectivity index (χ3v) is 8.27. The lowest BCUT2D eigenvalue weighted by molar-refractivity contribution is -0.140. The minimum Gasteiger partial charge on any atom is -0.382 e. The second-order valence-electron chi connectivity index (χ2n) is 8.30. The molecule has 2 heterocycles. The summed E-state index contributed by atoms with van der Waals surface area (Å²) in [6.07, 6.45) is 0.542. The summed E-state index contributed by atoms with van der Waals surface area (Å²) < 4.78 is 25.6. The molecule has 2 atom stereocenters. The number of aliphatic hydroxyl groups excluding tert-OH is 1. The van der Waals surface area contributed by atoms with Gasteiger partial charge < -0.3 is 15.3 Å². The van der Waals surface area contributed by atoms with Gasteiger partial charge in [-0.15, -0.1) is 0 Å². The second-order valence-corrected chi connectivity index (χ2v) is 10.8. The summed E-state index contributed by atoms with van der Waals surface area (Å²) in [6.45, 7) is 1.53. The van der Waals surface area contributed by atoms with E-state index in [1.807, 2.05) is 0 Å². The number of halogens is 1. The van der Waals surface area contributed by atoms with Crippen molar-refractivity contribution in [1.29, 1.82) is 0 Å². The van der Waals surface area contributed by atoms with Gasteiger partial charge >= 0.3 is 0 Å². The molecule has 0 spiro atoms. The number of benzene rings is 2. The summed E-state index contributed by atoms with van der Waals surface area (Å²) in [7, 11) is -3.86. The summed E-state index contributed by atoms with van der Waals surface area (Å²) in [5.74, 6) is -0.960. The van der Waals surface area contributed by atoms with Crippen LogP contribution in [-0.2, 0) is 19.4 Å². The number of nitrogens with zero attached hydrogens (tertiary/aromatic N) is 1. The van der Waals surface area contributed by atoms with Crippen LogP contribution in [0.1, 0.15) is 19.3 Å². The molecule has 2 aliphatic heterocycles. The molecule has 0 aromatic heterocycles. The van der Waals surface area contributed by atoms with Crippen molar-refractivity contribution in [3.63, 3.8) is 0 Å². The highest BCUT2D eigenvalue weighted by Gasteiger charge is 2.36. The number of aliphatic hydroxyl groups is 1. The first-order valence-corrected chi connectivity index (χ1v) is 12.4. The molecule has 0 radical (unpaired) electrons. The van der Waals surface area contributed by atoms with E-state index in [-0.39, 0.29) is 22.6 Å². The van der Waals surface area contributed by atoms with Gasteiger partial charge in [-0.2, -0.15) is 0 Å². The predicted octanol–water partition coefficient (Wildman–Crippen LogP) is 2.00. The first kappa shape index (κ1) is 22.0. The normalized spacial score (nSPS) is 21.3. The van der Waals surface area contributed by atoms with Crippen LogP contribution < -0.4 is 5.32 Å². The molecule has 0 saturated carbocycles. The Kier molecular flexibility index (Phi) is 6.23. The zero-order valence-corrected chi connectivity index (χ0v) is 18.5. The fourth-order valence-corrected chi connectivity index (χ4v) is 6.07. The van der Waals surface area contributed by atoms with Gasteiger partial charge in [-0.3, -0.25) is 9.59 Å². The number of hydrogen-bond acceptors (Lipinski definition) is 5. The van der Waals surface area contributed by atoms with Gasteiger partial charge in [0.1, 0.15) is 6.10 Å². The van der Waals surface area contributed by atoms with Gasteiger partial charge in [0.2, 0.25) is 5.91 Å². The van der Waals surface area contributed by atoms with E-state index in [1.165, 1.54) is 17.0 Å². The van der Waals surface area contributed by atoms with Crippen molar-refractivity contribution in [2.75, 3.05) is 25.4 Å². The molecule has 2 aromatic rings. The smallest absolute Gasteiger partial charge is 0.252 e. The van der Waals surface area contributed by atoms with Gasteiger partial charge in [0, 0.05) is 30.6 Å². The van der Waals surface area contributed by atoms with Crippen LogP contribution >= 0.6 is 11.6 Å². The summed E-state index contributed by atoms with van der Waals surface area (Å²) in [6, 6.07) is 9.79. The number of sulfone groups is 1. The molecule has 0 bridgehead atoms. The lowest BCUT2D eigenvalue weighted by Crippen LogP contribution is -2.47.